The van der Waals surface area contributed by atoms with E-state index in [1.165, 1.54) is 11.1 Å². The third-order valence-corrected chi connectivity index (χ3v) is 3.81. The monoisotopic (exact) mass is 200 g/mol. The molecule has 2 fully saturated rings. The molecule has 1 aliphatic heterocycles. The molecule has 1 aromatic heterocycles. The van der Waals surface area contributed by atoms with Crippen molar-refractivity contribution in [3.05, 3.63) is 30.0 Å². The molecule has 0 bridgehead atoms. The Labute approximate surface area is 87.4 Å². The molecule has 15 heavy (non-hydrogen) atoms. The van der Waals surface area contributed by atoms with Crippen LogP contribution in [0, 0.1) is 11.8 Å². The Morgan fingerprint density at radius 1 is 1.20 bits per heavy atom. The van der Waals surface area contributed by atoms with Crippen LogP contribution in [0.2, 0.25) is 0 Å². The fourth-order valence-corrected chi connectivity index (χ4v) is 2.97. The first-order valence-electron chi connectivity index (χ1n) is 5.50. The predicted octanol–water partition coefficient (Wildman–Crippen LogP) is 1.76. The van der Waals surface area contributed by atoms with Gasteiger partial charge < -0.3 is 9.84 Å². The average Bonchev–Trinajstić information content (AvgIpc) is 2.73. The molecule has 4 rings (SSSR count). The van der Waals surface area contributed by atoms with Crippen LogP contribution < -0.4 is 5.32 Å². The topological polar surface area (TPSA) is 38.1 Å². The molecule has 1 unspecified atom stereocenters. The highest BCUT2D eigenvalue weighted by molar-refractivity contribution is 5.80. The molecule has 0 radical (unpaired) electrons. The van der Waals surface area contributed by atoms with E-state index in [0.29, 0.717) is 5.92 Å². The fraction of sp³-hybridized carbons (Fsp3) is 0.417. The predicted molar refractivity (Wildman–Crippen MR) is 56.6 cm³/mol. The zero-order valence-electron chi connectivity index (χ0n) is 8.31. The van der Waals surface area contributed by atoms with Crippen molar-refractivity contribution in [1.29, 1.82) is 0 Å². The van der Waals surface area contributed by atoms with E-state index >= 15 is 0 Å². The maximum Gasteiger partial charge on any atom is 0.167 e. The quantitative estimate of drug-likeness (QED) is 0.762. The highest BCUT2D eigenvalue weighted by atomic mass is 16.5. The molecule has 1 aliphatic carbocycles. The molecule has 3 nitrogen and oxygen atoms in total. The van der Waals surface area contributed by atoms with Gasteiger partial charge in [-0.2, -0.15) is 0 Å². The lowest BCUT2D eigenvalue weighted by molar-refractivity contribution is 0.442. The number of nitrogens with zero attached hydrogens (tertiary/aromatic N) is 1. The summed E-state index contributed by atoms with van der Waals surface area (Å²) in [7, 11) is 0. The van der Waals surface area contributed by atoms with Gasteiger partial charge in [0.05, 0.1) is 5.69 Å². The Balaban J connectivity index is 1.82. The van der Waals surface area contributed by atoms with Gasteiger partial charge in [0, 0.05) is 11.3 Å². The second-order valence-corrected chi connectivity index (χ2v) is 4.58. The first kappa shape index (κ1) is 7.88. The maximum absolute atomic E-state index is 5.35. The van der Waals surface area contributed by atoms with Gasteiger partial charge in [-0.1, -0.05) is 17.3 Å². The molecular formula is C12H12N2O. The van der Waals surface area contributed by atoms with Gasteiger partial charge in [-0.3, -0.25) is 0 Å². The van der Waals surface area contributed by atoms with E-state index in [-0.39, 0.29) is 0 Å². The smallest absolute Gasteiger partial charge is 0.167 e. The molecule has 2 heterocycles. The van der Waals surface area contributed by atoms with E-state index in [1.807, 2.05) is 12.1 Å². The second-order valence-electron chi connectivity index (χ2n) is 4.58. The van der Waals surface area contributed by atoms with Crippen LogP contribution >= 0.6 is 0 Å². The number of hydrogen-bond acceptors (Lipinski definition) is 3. The van der Waals surface area contributed by atoms with Crippen molar-refractivity contribution < 1.29 is 4.52 Å². The molecule has 1 saturated carbocycles. The minimum Gasteiger partial charge on any atom is -0.356 e. The van der Waals surface area contributed by atoms with Crippen molar-refractivity contribution in [3.63, 3.8) is 0 Å². The van der Waals surface area contributed by atoms with Crippen LogP contribution in [0.25, 0.3) is 11.0 Å². The zero-order chi connectivity index (χ0) is 9.83. The summed E-state index contributed by atoms with van der Waals surface area (Å²) in [6, 6.07) is 8.15. The Hall–Kier alpha value is -1.35. The highest BCUT2D eigenvalue weighted by Gasteiger charge is 2.55. The Bertz CT molecular complexity index is 509. The fourth-order valence-electron chi connectivity index (χ4n) is 2.97. The number of fused-ring (bicyclic) bond motifs is 2. The maximum atomic E-state index is 5.35. The van der Waals surface area contributed by atoms with Gasteiger partial charge in [-0.25, -0.2) is 0 Å². The molecule has 2 aromatic rings. The molecule has 0 amide bonds. The van der Waals surface area contributed by atoms with Crippen LogP contribution in [0.1, 0.15) is 11.6 Å². The average molecular weight is 200 g/mol. The summed E-state index contributed by atoms with van der Waals surface area (Å²) in [5.41, 5.74) is 2.10. The molecule has 1 saturated heterocycles. The van der Waals surface area contributed by atoms with Gasteiger partial charge >= 0.3 is 0 Å². The van der Waals surface area contributed by atoms with E-state index in [0.717, 1.165) is 30.5 Å². The van der Waals surface area contributed by atoms with E-state index < -0.39 is 0 Å². The number of nitrogens with one attached hydrogen (secondary N) is 1. The van der Waals surface area contributed by atoms with Gasteiger partial charge in [-0.15, -0.1) is 0 Å². The molecule has 1 aromatic carbocycles. The summed E-state index contributed by atoms with van der Waals surface area (Å²) in [4.78, 5) is 0. The summed E-state index contributed by atoms with van der Waals surface area (Å²) in [6.07, 6.45) is 0. The van der Waals surface area contributed by atoms with Gasteiger partial charge in [0.1, 0.15) is 0 Å². The van der Waals surface area contributed by atoms with Crippen molar-refractivity contribution in [2.75, 3.05) is 13.1 Å². The van der Waals surface area contributed by atoms with Crippen molar-refractivity contribution in [1.82, 2.24) is 10.5 Å². The van der Waals surface area contributed by atoms with Crippen molar-refractivity contribution in [3.8, 4) is 0 Å². The number of benzene rings is 1. The minimum atomic E-state index is 0.648. The van der Waals surface area contributed by atoms with Gasteiger partial charge in [0.2, 0.25) is 0 Å². The summed E-state index contributed by atoms with van der Waals surface area (Å²) >= 11 is 0. The zero-order valence-corrected chi connectivity index (χ0v) is 8.31. The van der Waals surface area contributed by atoms with Crippen molar-refractivity contribution in [2.45, 2.75) is 5.92 Å². The first-order valence-corrected chi connectivity index (χ1v) is 5.50. The van der Waals surface area contributed by atoms with Crippen LogP contribution in [0.15, 0.2) is 28.8 Å². The Kier molecular flexibility index (Phi) is 1.37. The largest absolute Gasteiger partial charge is 0.356 e. The SMILES string of the molecule is c1ccc2c(C3[C@H]4CNC[C@@H]34)noc2c1. The molecule has 1 N–H and O–H groups in total. The summed E-state index contributed by atoms with van der Waals surface area (Å²) < 4.78 is 5.35. The van der Waals surface area contributed by atoms with Gasteiger partial charge in [-0.05, 0) is 37.1 Å². The van der Waals surface area contributed by atoms with Crippen LogP contribution in [-0.4, -0.2) is 18.2 Å². The van der Waals surface area contributed by atoms with E-state index in [1.54, 1.807) is 0 Å². The van der Waals surface area contributed by atoms with Crippen LogP contribution in [0.4, 0.5) is 0 Å². The van der Waals surface area contributed by atoms with Gasteiger partial charge in [0.25, 0.3) is 0 Å². The van der Waals surface area contributed by atoms with Gasteiger partial charge in [0.15, 0.2) is 5.58 Å². The molecule has 3 atom stereocenters. The lowest BCUT2D eigenvalue weighted by Gasteiger charge is -1.99. The summed E-state index contributed by atoms with van der Waals surface area (Å²) in [5.74, 6) is 2.26. The number of aromatic nitrogens is 1. The number of rotatable bonds is 1. The Morgan fingerprint density at radius 2 is 2.00 bits per heavy atom. The van der Waals surface area contributed by atoms with E-state index in [9.17, 15) is 0 Å². The molecule has 0 spiro atoms. The standard InChI is InChI=1S/C12H12N2O/c1-2-4-10-7(3-1)12(14-15-10)11-8-5-13-6-9(8)11/h1-4,8-9,11,13H,5-6H2/t8-,9+,11?. The number of para-hydroxylation sites is 1. The van der Waals surface area contributed by atoms with Crippen LogP contribution in [0.5, 0.6) is 0 Å². The molecular weight excluding hydrogens is 188 g/mol. The van der Waals surface area contributed by atoms with Crippen LogP contribution in [0.3, 0.4) is 0 Å². The number of hydrogen-bond donors (Lipinski definition) is 1. The van der Waals surface area contributed by atoms with Crippen molar-refractivity contribution in [2.24, 2.45) is 11.8 Å². The summed E-state index contributed by atoms with van der Waals surface area (Å²) in [6.45, 7) is 2.30. The first-order chi connectivity index (χ1) is 7.45. The van der Waals surface area contributed by atoms with E-state index in [4.69, 9.17) is 4.52 Å². The molecule has 2 aliphatic rings. The Morgan fingerprint density at radius 3 is 2.87 bits per heavy atom. The molecule has 76 valence electrons. The third-order valence-electron chi connectivity index (χ3n) is 3.81. The van der Waals surface area contributed by atoms with Crippen molar-refractivity contribution >= 4 is 11.0 Å². The third kappa shape index (κ3) is 0.960. The molecule has 3 heteroatoms. The lowest BCUT2D eigenvalue weighted by Crippen LogP contribution is -2.14. The summed E-state index contributed by atoms with van der Waals surface area (Å²) in [5, 5.41) is 8.85. The lowest BCUT2D eigenvalue weighted by atomic mass is 10.1. The second kappa shape index (κ2) is 2.61. The van der Waals surface area contributed by atoms with Crippen LogP contribution in [-0.2, 0) is 0 Å². The minimum absolute atomic E-state index is 0.648. The normalized spacial score (nSPS) is 33.2. The highest BCUT2D eigenvalue weighted by Crippen LogP contribution is 2.56. The number of piperidine rings is 1. The van der Waals surface area contributed by atoms with E-state index in [2.05, 4.69) is 22.6 Å².